The summed E-state index contributed by atoms with van der Waals surface area (Å²) in [6, 6.07) is 17.7. The van der Waals surface area contributed by atoms with Gasteiger partial charge in [-0.25, -0.2) is 0 Å². The average Bonchev–Trinajstić information content (AvgIpc) is 2.89. The van der Waals surface area contributed by atoms with E-state index in [1.807, 2.05) is 17.7 Å². The molecule has 130 valence electrons. The van der Waals surface area contributed by atoms with Gasteiger partial charge >= 0.3 is 8.84 Å². The van der Waals surface area contributed by atoms with Crippen molar-refractivity contribution < 1.29 is 4.46 Å². The maximum atomic E-state index is 12.9. The molecule has 0 aromatic heterocycles. The van der Waals surface area contributed by atoms with Crippen LogP contribution >= 0.6 is 0 Å². The molecule has 2 aromatic carbocycles. The first kappa shape index (κ1) is 17.8. The summed E-state index contributed by atoms with van der Waals surface area (Å²) in [7, 11) is 0.167. The van der Waals surface area contributed by atoms with Gasteiger partial charge in [0.25, 0.3) is 0 Å². The van der Waals surface area contributed by atoms with E-state index in [4.69, 9.17) is 0 Å². The highest BCUT2D eigenvalue weighted by molar-refractivity contribution is 6.40. The lowest BCUT2D eigenvalue weighted by atomic mass is 9.93. The van der Waals surface area contributed by atoms with Crippen LogP contribution in [0.3, 0.4) is 0 Å². The Morgan fingerprint density at radius 3 is 2.36 bits per heavy atom. The average molecular weight is 350 g/mol. The Balaban J connectivity index is 1.93. The summed E-state index contributed by atoms with van der Waals surface area (Å²) in [6.45, 7) is 8.53. The van der Waals surface area contributed by atoms with Crippen LogP contribution in [-0.2, 0) is 4.46 Å². The number of hydrogen-bond donors (Lipinski definition) is 0. The van der Waals surface area contributed by atoms with E-state index in [1.54, 1.807) is 0 Å². The lowest BCUT2D eigenvalue weighted by molar-refractivity contribution is 0.273. The number of nitrogens with zero attached hydrogens (tertiary/aromatic N) is 1. The first-order valence-corrected chi connectivity index (χ1v) is 10.5. The second kappa shape index (κ2) is 6.72. The van der Waals surface area contributed by atoms with Crippen LogP contribution in [0.25, 0.3) is 17.2 Å². The summed E-state index contributed by atoms with van der Waals surface area (Å²) < 4.78 is 15.0. The standard InChI is InChI=1S/C22H27NOSi/c1-16-14-20-18(17-10-7-6-8-11-17)12-9-13-19(20)21(16)15-25(24)23(5)22(2,3)4/h6-14,21H,15H2,1-5H3. The molecule has 0 spiro atoms. The summed E-state index contributed by atoms with van der Waals surface area (Å²) >= 11 is 0. The van der Waals surface area contributed by atoms with E-state index in [0.717, 1.165) is 0 Å². The molecule has 0 heterocycles. The van der Waals surface area contributed by atoms with Crippen molar-refractivity contribution in [2.24, 2.45) is 0 Å². The highest BCUT2D eigenvalue weighted by atomic mass is 28.3. The van der Waals surface area contributed by atoms with E-state index in [0.29, 0.717) is 6.04 Å². The van der Waals surface area contributed by atoms with Gasteiger partial charge in [0.05, 0.1) is 0 Å². The molecular weight excluding hydrogens is 322 g/mol. The minimum atomic E-state index is -1.82. The molecule has 0 fully saturated rings. The van der Waals surface area contributed by atoms with Crippen LogP contribution in [0.4, 0.5) is 0 Å². The number of allylic oxidation sites excluding steroid dienone is 1. The molecule has 0 N–H and O–H groups in total. The minimum Gasteiger partial charge on any atom is -0.375 e. The van der Waals surface area contributed by atoms with Crippen LogP contribution in [0.15, 0.2) is 54.1 Å². The molecule has 2 nitrogen and oxygen atoms in total. The first-order chi connectivity index (χ1) is 11.8. The molecule has 2 aromatic rings. The third-order valence-corrected chi connectivity index (χ3v) is 7.46. The van der Waals surface area contributed by atoms with Crippen molar-refractivity contribution in [3.63, 3.8) is 0 Å². The molecule has 3 heteroatoms. The second-order valence-electron chi connectivity index (χ2n) is 7.94. The van der Waals surface area contributed by atoms with Crippen molar-refractivity contribution >= 4 is 14.9 Å². The van der Waals surface area contributed by atoms with Crippen molar-refractivity contribution in [1.82, 2.24) is 4.57 Å². The lowest BCUT2D eigenvalue weighted by Crippen LogP contribution is -2.44. The van der Waals surface area contributed by atoms with Gasteiger partial charge in [-0.05, 0) is 49.9 Å². The highest BCUT2D eigenvalue weighted by Crippen LogP contribution is 2.43. The van der Waals surface area contributed by atoms with Crippen molar-refractivity contribution in [1.29, 1.82) is 0 Å². The van der Waals surface area contributed by atoms with Crippen LogP contribution in [0.5, 0.6) is 0 Å². The lowest BCUT2D eigenvalue weighted by Gasteiger charge is -2.33. The van der Waals surface area contributed by atoms with Gasteiger partial charge in [-0.15, -0.1) is 0 Å². The van der Waals surface area contributed by atoms with Crippen LogP contribution in [-0.4, -0.2) is 26.0 Å². The normalized spacial score (nSPS) is 16.4. The molecule has 0 saturated heterocycles. The molecule has 0 bridgehead atoms. The minimum absolute atomic E-state index is 0.0685. The van der Waals surface area contributed by atoms with Gasteiger partial charge < -0.3 is 9.03 Å². The van der Waals surface area contributed by atoms with Gasteiger partial charge in [0, 0.05) is 24.5 Å². The van der Waals surface area contributed by atoms with Crippen molar-refractivity contribution in [3.8, 4) is 11.1 Å². The Labute approximate surface area is 152 Å². The Bertz CT molecular complexity index is 818. The molecule has 25 heavy (non-hydrogen) atoms. The fraction of sp³-hybridized carbons (Fsp3) is 0.364. The summed E-state index contributed by atoms with van der Waals surface area (Å²) in [4.78, 5) is 0. The SMILES string of the molecule is CC1=Cc2c(-c3ccccc3)cccc2C1C[Si](=O)N(C)C(C)(C)C. The van der Waals surface area contributed by atoms with Crippen molar-refractivity contribution in [2.75, 3.05) is 7.05 Å². The van der Waals surface area contributed by atoms with Gasteiger partial charge in [0.1, 0.15) is 0 Å². The Kier molecular flexibility index (Phi) is 4.78. The summed E-state index contributed by atoms with van der Waals surface area (Å²) in [5, 5.41) is 0. The summed E-state index contributed by atoms with van der Waals surface area (Å²) in [5.41, 5.74) is 6.37. The van der Waals surface area contributed by atoms with Gasteiger partial charge in [0.2, 0.25) is 0 Å². The molecule has 0 radical (unpaired) electrons. The third-order valence-electron chi connectivity index (χ3n) is 5.28. The fourth-order valence-corrected chi connectivity index (χ4v) is 5.36. The van der Waals surface area contributed by atoms with Crippen LogP contribution in [0.2, 0.25) is 6.04 Å². The van der Waals surface area contributed by atoms with Gasteiger partial charge in [-0.3, -0.25) is 0 Å². The Hall–Kier alpha value is -2.00. The number of rotatable bonds is 4. The van der Waals surface area contributed by atoms with E-state index in [-0.39, 0.29) is 11.5 Å². The molecule has 1 aliphatic rings. The predicted molar refractivity (Wildman–Crippen MR) is 107 cm³/mol. The molecule has 1 atom stereocenters. The van der Waals surface area contributed by atoms with Crippen LogP contribution in [0.1, 0.15) is 44.7 Å². The monoisotopic (exact) mass is 349 g/mol. The van der Waals surface area contributed by atoms with E-state index in [9.17, 15) is 4.46 Å². The zero-order valence-corrected chi connectivity index (χ0v) is 16.8. The molecule has 3 rings (SSSR count). The first-order valence-electron chi connectivity index (χ1n) is 8.92. The molecule has 0 amide bonds. The van der Waals surface area contributed by atoms with E-state index < -0.39 is 8.84 Å². The van der Waals surface area contributed by atoms with Gasteiger partial charge in [-0.1, -0.05) is 60.2 Å². The molecule has 1 unspecified atom stereocenters. The summed E-state index contributed by atoms with van der Waals surface area (Å²) in [6.07, 6.45) is 2.29. The number of fused-ring (bicyclic) bond motifs is 1. The van der Waals surface area contributed by atoms with Crippen LogP contribution in [0, 0.1) is 0 Å². The topological polar surface area (TPSA) is 20.3 Å². The van der Waals surface area contributed by atoms with Gasteiger partial charge in [-0.2, -0.15) is 0 Å². The zero-order chi connectivity index (χ0) is 18.2. The third kappa shape index (κ3) is 3.52. The molecule has 0 aliphatic heterocycles. The maximum Gasteiger partial charge on any atom is 0.395 e. The Morgan fingerprint density at radius 2 is 1.72 bits per heavy atom. The van der Waals surface area contributed by atoms with Crippen molar-refractivity contribution in [3.05, 3.63) is 65.2 Å². The fourth-order valence-electron chi connectivity index (χ4n) is 3.45. The van der Waals surface area contributed by atoms with E-state index >= 15 is 0 Å². The maximum absolute atomic E-state index is 12.9. The molecule has 0 saturated carbocycles. The van der Waals surface area contributed by atoms with E-state index in [2.05, 4.69) is 76.2 Å². The molecule has 1 aliphatic carbocycles. The van der Waals surface area contributed by atoms with E-state index in [1.165, 1.54) is 27.8 Å². The Morgan fingerprint density at radius 1 is 1.04 bits per heavy atom. The largest absolute Gasteiger partial charge is 0.395 e. The van der Waals surface area contributed by atoms with Gasteiger partial charge in [0.15, 0.2) is 0 Å². The predicted octanol–water partition coefficient (Wildman–Crippen LogP) is 5.50. The molecular formula is C22H27NOSi. The van der Waals surface area contributed by atoms with Crippen molar-refractivity contribution in [2.45, 2.75) is 45.2 Å². The van der Waals surface area contributed by atoms with Crippen LogP contribution < -0.4 is 0 Å². The number of benzene rings is 2. The number of hydrogen-bond acceptors (Lipinski definition) is 1. The second-order valence-corrected chi connectivity index (χ2v) is 9.81. The highest BCUT2D eigenvalue weighted by Gasteiger charge is 2.31. The quantitative estimate of drug-likeness (QED) is 0.679. The smallest absolute Gasteiger partial charge is 0.375 e. The summed E-state index contributed by atoms with van der Waals surface area (Å²) in [5.74, 6) is 0.259. The zero-order valence-electron chi connectivity index (χ0n) is 15.8.